The molecule has 1 amide bonds. The van der Waals surface area contributed by atoms with Gasteiger partial charge in [-0.15, -0.1) is 0 Å². The third-order valence-corrected chi connectivity index (χ3v) is 5.46. The third-order valence-electron chi connectivity index (χ3n) is 4.09. The number of anilines is 2. The molecule has 0 heterocycles. The number of methoxy groups -OCH3 is 1. The van der Waals surface area contributed by atoms with Crippen LogP contribution in [0.1, 0.15) is 10.4 Å². The normalized spacial score (nSPS) is 10.8. The number of carbonyl (C=O) groups excluding carboxylic acids is 1. The Hall–Kier alpha value is -3.92. The molecule has 3 aromatic carbocycles. The molecular weight excluding hydrogens is 410 g/mol. The molecule has 3 rings (SSSR count). The summed E-state index contributed by atoms with van der Waals surface area (Å²) in [6.45, 7) is 0. The zero-order valence-corrected chi connectivity index (χ0v) is 16.5. The van der Waals surface area contributed by atoms with Crippen molar-refractivity contribution < 1.29 is 22.9 Å². The van der Waals surface area contributed by atoms with Gasteiger partial charge in [-0.2, -0.15) is 0 Å². The second kappa shape index (κ2) is 8.62. The molecule has 0 radical (unpaired) electrons. The number of carbonyl (C=O) groups is 1. The van der Waals surface area contributed by atoms with Crippen molar-refractivity contribution in [2.75, 3.05) is 17.1 Å². The summed E-state index contributed by atoms with van der Waals surface area (Å²) >= 11 is 0. The Morgan fingerprint density at radius 1 is 1.00 bits per heavy atom. The number of hydrogen-bond donors (Lipinski definition) is 2. The molecule has 3 aromatic rings. The lowest BCUT2D eigenvalue weighted by molar-refractivity contribution is -0.384. The Bertz CT molecular complexity index is 1190. The fraction of sp³-hybridized carbons (Fsp3) is 0.0500. The maximum atomic E-state index is 12.7. The number of nitrogens with one attached hydrogen (secondary N) is 2. The maximum Gasteiger partial charge on any atom is 0.269 e. The predicted octanol–water partition coefficient (Wildman–Crippen LogP) is 3.66. The van der Waals surface area contributed by atoms with Gasteiger partial charge in [-0.3, -0.25) is 19.6 Å². The Kier molecular flexibility index (Phi) is 5.98. The van der Waals surface area contributed by atoms with Gasteiger partial charge in [0.05, 0.1) is 22.6 Å². The van der Waals surface area contributed by atoms with Crippen molar-refractivity contribution in [2.24, 2.45) is 0 Å². The number of nitro groups is 1. The zero-order chi connectivity index (χ0) is 21.7. The van der Waals surface area contributed by atoms with E-state index in [1.54, 1.807) is 24.3 Å². The molecule has 0 spiro atoms. The highest BCUT2D eigenvalue weighted by atomic mass is 32.2. The highest BCUT2D eigenvalue weighted by molar-refractivity contribution is 7.92. The summed E-state index contributed by atoms with van der Waals surface area (Å²) < 4.78 is 33.1. The van der Waals surface area contributed by atoms with Crippen molar-refractivity contribution in [3.8, 4) is 5.75 Å². The van der Waals surface area contributed by atoms with Crippen LogP contribution < -0.4 is 14.8 Å². The number of benzene rings is 3. The van der Waals surface area contributed by atoms with Gasteiger partial charge < -0.3 is 10.1 Å². The minimum Gasteiger partial charge on any atom is -0.495 e. The minimum absolute atomic E-state index is 0.107. The zero-order valence-electron chi connectivity index (χ0n) is 15.7. The molecule has 0 saturated carbocycles. The van der Waals surface area contributed by atoms with Gasteiger partial charge in [0, 0.05) is 23.4 Å². The number of nitro benzene ring substituents is 1. The number of ether oxygens (including phenoxy) is 1. The first-order chi connectivity index (χ1) is 14.3. The van der Waals surface area contributed by atoms with E-state index >= 15 is 0 Å². The molecule has 10 heteroatoms. The SMILES string of the molecule is COc1ccccc1NS(=O)(=O)c1cccc(C(=O)Nc2ccc([N+](=O)[O-])cc2)c1. The lowest BCUT2D eigenvalue weighted by atomic mass is 10.2. The van der Waals surface area contributed by atoms with E-state index in [0.717, 1.165) is 0 Å². The van der Waals surface area contributed by atoms with Crippen molar-refractivity contribution in [3.05, 3.63) is 88.5 Å². The molecule has 0 aliphatic heterocycles. The van der Waals surface area contributed by atoms with Gasteiger partial charge >= 0.3 is 0 Å². The molecule has 0 fully saturated rings. The molecule has 154 valence electrons. The average molecular weight is 427 g/mol. The van der Waals surface area contributed by atoms with Crippen LogP contribution in [0.4, 0.5) is 17.1 Å². The summed E-state index contributed by atoms with van der Waals surface area (Å²) in [4.78, 5) is 22.5. The van der Waals surface area contributed by atoms with Gasteiger partial charge in [0.2, 0.25) is 0 Å². The summed E-state index contributed by atoms with van der Waals surface area (Å²) in [6.07, 6.45) is 0. The van der Waals surface area contributed by atoms with Crippen LogP contribution in [0.2, 0.25) is 0 Å². The predicted molar refractivity (Wildman–Crippen MR) is 111 cm³/mol. The molecule has 0 aliphatic rings. The first-order valence-corrected chi connectivity index (χ1v) is 10.1. The van der Waals surface area contributed by atoms with Crippen molar-refractivity contribution >= 4 is 33.0 Å². The molecule has 30 heavy (non-hydrogen) atoms. The van der Waals surface area contributed by atoms with Crippen LogP contribution in [0.5, 0.6) is 5.75 Å². The number of rotatable bonds is 7. The second-order valence-corrected chi connectivity index (χ2v) is 7.77. The molecular formula is C20H17N3O6S. The van der Waals surface area contributed by atoms with E-state index in [2.05, 4.69) is 10.0 Å². The molecule has 0 aliphatic carbocycles. The summed E-state index contributed by atoms with van der Waals surface area (Å²) in [7, 11) is -2.55. The van der Waals surface area contributed by atoms with Gasteiger partial charge in [0.25, 0.3) is 21.6 Å². The van der Waals surface area contributed by atoms with Crippen LogP contribution in [-0.2, 0) is 10.0 Å². The van der Waals surface area contributed by atoms with Crippen molar-refractivity contribution in [1.82, 2.24) is 0 Å². The number of amides is 1. The van der Waals surface area contributed by atoms with Gasteiger partial charge in [-0.05, 0) is 42.5 Å². The van der Waals surface area contributed by atoms with Crippen LogP contribution in [0.15, 0.2) is 77.7 Å². The van der Waals surface area contributed by atoms with Crippen LogP contribution >= 0.6 is 0 Å². The van der Waals surface area contributed by atoms with Gasteiger partial charge in [-0.1, -0.05) is 18.2 Å². The summed E-state index contributed by atoms with van der Waals surface area (Å²) in [5, 5.41) is 13.3. The average Bonchev–Trinajstić information content (AvgIpc) is 2.74. The quantitative estimate of drug-likeness (QED) is 0.437. The van der Waals surface area contributed by atoms with Gasteiger partial charge in [-0.25, -0.2) is 8.42 Å². The molecule has 0 bridgehead atoms. The fourth-order valence-corrected chi connectivity index (χ4v) is 3.72. The first-order valence-electron chi connectivity index (χ1n) is 8.62. The minimum atomic E-state index is -3.97. The highest BCUT2D eigenvalue weighted by Gasteiger charge is 2.18. The maximum absolute atomic E-state index is 12.7. The van der Waals surface area contributed by atoms with Gasteiger partial charge in [0.15, 0.2) is 0 Å². The van der Waals surface area contributed by atoms with Crippen LogP contribution in [-0.4, -0.2) is 26.4 Å². The fourth-order valence-electron chi connectivity index (χ4n) is 2.61. The van der Waals surface area contributed by atoms with E-state index in [1.165, 1.54) is 55.6 Å². The molecule has 0 atom stereocenters. The van der Waals surface area contributed by atoms with Crippen LogP contribution in [0.3, 0.4) is 0 Å². The lowest BCUT2D eigenvalue weighted by Crippen LogP contribution is -2.16. The molecule has 2 N–H and O–H groups in total. The van der Waals surface area contributed by atoms with Crippen molar-refractivity contribution in [2.45, 2.75) is 4.90 Å². The second-order valence-electron chi connectivity index (χ2n) is 6.09. The number of non-ortho nitro benzene ring substituents is 1. The summed E-state index contributed by atoms with van der Waals surface area (Å²) in [5.74, 6) is -0.202. The topological polar surface area (TPSA) is 128 Å². The molecule has 9 nitrogen and oxygen atoms in total. The molecule has 0 unspecified atom stereocenters. The van der Waals surface area contributed by atoms with E-state index in [0.29, 0.717) is 11.4 Å². The van der Waals surface area contributed by atoms with E-state index in [4.69, 9.17) is 4.74 Å². The van der Waals surface area contributed by atoms with Crippen LogP contribution in [0.25, 0.3) is 0 Å². The van der Waals surface area contributed by atoms with E-state index in [1.807, 2.05) is 0 Å². The van der Waals surface area contributed by atoms with E-state index in [9.17, 15) is 23.3 Å². The van der Waals surface area contributed by atoms with Crippen LogP contribution in [0, 0.1) is 10.1 Å². The van der Waals surface area contributed by atoms with Crippen molar-refractivity contribution in [3.63, 3.8) is 0 Å². The summed E-state index contributed by atoms with van der Waals surface area (Å²) in [6, 6.07) is 17.3. The number of hydrogen-bond acceptors (Lipinski definition) is 6. The summed E-state index contributed by atoms with van der Waals surface area (Å²) in [5.41, 5.74) is 0.603. The number of nitrogens with zero attached hydrogens (tertiary/aromatic N) is 1. The van der Waals surface area contributed by atoms with E-state index < -0.39 is 20.9 Å². The Morgan fingerprint density at radius 2 is 1.70 bits per heavy atom. The van der Waals surface area contributed by atoms with E-state index in [-0.39, 0.29) is 21.8 Å². The molecule has 0 saturated heterocycles. The lowest BCUT2D eigenvalue weighted by Gasteiger charge is -2.12. The Labute approximate surface area is 172 Å². The Balaban J connectivity index is 1.80. The number of sulfonamides is 1. The third kappa shape index (κ3) is 4.73. The van der Waals surface area contributed by atoms with Gasteiger partial charge in [0.1, 0.15) is 5.75 Å². The molecule has 0 aromatic heterocycles. The largest absolute Gasteiger partial charge is 0.495 e. The smallest absolute Gasteiger partial charge is 0.269 e. The Morgan fingerprint density at radius 3 is 2.37 bits per heavy atom. The number of para-hydroxylation sites is 2. The standard InChI is InChI=1S/C20H17N3O6S/c1-29-19-8-3-2-7-18(19)22-30(27,28)17-6-4-5-14(13-17)20(24)21-15-9-11-16(12-10-15)23(25)26/h2-13,22H,1H3,(H,21,24). The first kappa shape index (κ1) is 20.8. The highest BCUT2D eigenvalue weighted by Crippen LogP contribution is 2.26. The van der Waals surface area contributed by atoms with Crippen molar-refractivity contribution in [1.29, 1.82) is 0 Å². The monoisotopic (exact) mass is 427 g/mol.